The topological polar surface area (TPSA) is 72.7 Å². The summed E-state index contributed by atoms with van der Waals surface area (Å²) in [6.45, 7) is 0.180. The fourth-order valence-electron chi connectivity index (χ4n) is 2.23. The van der Waals surface area contributed by atoms with Crippen LogP contribution in [-0.2, 0) is 4.79 Å². The molecule has 0 saturated carbocycles. The van der Waals surface area contributed by atoms with E-state index in [-0.39, 0.29) is 18.2 Å². The number of carbonyl (C=O) groups excluding carboxylic acids is 1. The Balaban J connectivity index is 1.99. The number of hydrogen-bond donors (Lipinski definition) is 1. The van der Waals surface area contributed by atoms with Crippen LogP contribution in [0.15, 0.2) is 47.9 Å². The van der Waals surface area contributed by atoms with Gasteiger partial charge in [-0.25, -0.2) is 0 Å². The Labute approximate surface area is 170 Å². The first-order valence-corrected chi connectivity index (χ1v) is 9.48. The van der Waals surface area contributed by atoms with Crippen molar-refractivity contribution in [3.8, 4) is 29.4 Å². The summed E-state index contributed by atoms with van der Waals surface area (Å²) in [5.74, 6) is 2.90. The van der Waals surface area contributed by atoms with E-state index in [9.17, 15) is 4.79 Å². The minimum Gasteiger partial charge on any atom is -0.344 e. The highest BCUT2D eigenvalue weighted by Crippen LogP contribution is 2.31. The van der Waals surface area contributed by atoms with Crippen LogP contribution in [0.4, 0.5) is 0 Å². The van der Waals surface area contributed by atoms with Gasteiger partial charge in [0.1, 0.15) is 0 Å². The number of amides is 1. The van der Waals surface area contributed by atoms with Crippen LogP contribution < -0.4 is 5.32 Å². The summed E-state index contributed by atoms with van der Waals surface area (Å²) in [5, 5.41) is 12.5. The highest BCUT2D eigenvalue weighted by molar-refractivity contribution is 7.99. The number of nitrogens with zero attached hydrogens (tertiary/aromatic N) is 4. The summed E-state index contributed by atoms with van der Waals surface area (Å²) in [5.41, 5.74) is 1.50. The van der Waals surface area contributed by atoms with E-state index in [2.05, 4.69) is 26.4 Å². The van der Waals surface area contributed by atoms with Gasteiger partial charge in [0.2, 0.25) is 5.91 Å². The van der Waals surface area contributed by atoms with Gasteiger partial charge in [0.15, 0.2) is 11.0 Å². The second kappa shape index (κ2) is 8.91. The van der Waals surface area contributed by atoms with Crippen LogP contribution in [0.25, 0.3) is 17.1 Å². The molecule has 27 heavy (non-hydrogen) atoms. The van der Waals surface area contributed by atoms with Crippen molar-refractivity contribution in [2.24, 2.45) is 0 Å². The summed E-state index contributed by atoms with van der Waals surface area (Å²) in [4.78, 5) is 16.0. The zero-order chi connectivity index (χ0) is 19.2. The summed E-state index contributed by atoms with van der Waals surface area (Å²) >= 11 is 13.4. The van der Waals surface area contributed by atoms with Gasteiger partial charge in [0.25, 0.3) is 0 Å². The molecule has 0 saturated heterocycles. The molecule has 0 bridgehead atoms. The molecule has 0 unspecified atom stereocenters. The predicted octanol–water partition coefficient (Wildman–Crippen LogP) is 3.48. The van der Waals surface area contributed by atoms with Gasteiger partial charge in [-0.15, -0.1) is 16.6 Å². The third kappa shape index (κ3) is 4.61. The second-order valence-electron chi connectivity index (χ2n) is 5.25. The number of nitrogens with one attached hydrogen (secondary N) is 1. The molecular weight excluding hydrogens is 405 g/mol. The van der Waals surface area contributed by atoms with Gasteiger partial charge in [0.05, 0.1) is 28.0 Å². The van der Waals surface area contributed by atoms with Crippen LogP contribution in [0.5, 0.6) is 0 Å². The molecule has 3 aromatic rings. The van der Waals surface area contributed by atoms with E-state index in [4.69, 9.17) is 29.6 Å². The number of hydrogen-bond acceptors (Lipinski definition) is 5. The van der Waals surface area contributed by atoms with Gasteiger partial charge in [-0.05, 0) is 30.3 Å². The van der Waals surface area contributed by atoms with E-state index in [0.717, 1.165) is 11.3 Å². The molecule has 0 aliphatic rings. The zero-order valence-electron chi connectivity index (χ0n) is 13.9. The highest BCUT2D eigenvalue weighted by atomic mass is 35.5. The Morgan fingerprint density at radius 2 is 2.11 bits per heavy atom. The number of aromatic nitrogens is 4. The molecule has 2 heterocycles. The van der Waals surface area contributed by atoms with Crippen LogP contribution in [0.2, 0.25) is 10.0 Å². The number of terminal acetylenes is 1. The zero-order valence-corrected chi connectivity index (χ0v) is 16.2. The molecule has 6 nitrogen and oxygen atoms in total. The van der Waals surface area contributed by atoms with Crippen LogP contribution in [-0.4, -0.2) is 38.0 Å². The lowest BCUT2D eigenvalue weighted by Crippen LogP contribution is -2.25. The van der Waals surface area contributed by atoms with Crippen LogP contribution >= 0.6 is 35.0 Å². The minimum atomic E-state index is -0.190. The van der Waals surface area contributed by atoms with Crippen LogP contribution in [0, 0.1) is 12.3 Å². The van der Waals surface area contributed by atoms with Gasteiger partial charge >= 0.3 is 0 Å². The van der Waals surface area contributed by atoms with E-state index in [1.165, 1.54) is 11.8 Å². The summed E-state index contributed by atoms with van der Waals surface area (Å²) < 4.78 is 1.80. The SMILES string of the molecule is C#CCNC(=O)CSc1nnc(-c2cccnc2)n1-c1ccc(Cl)c(Cl)c1. The Bertz CT molecular complexity index is 1000. The molecule has 0 aliphatic carbocycles. The molecule has 0 spiro atoms. The third-order valence-electron chi connectivity index (χ3n) is 3.43. The fourth-order valence-corrected chi connectivity index (χ4v) is 3.31. The van der Waals surface area contributed by atoms with E-state index in [1.807, 2.05) is 12.1 Å². The van der Waals surface area contributed by atoms with E-state index in [1.54, 1.807) is 35.2 Å². The monoisotopic (exact) mass is 417 g/mol. The minimum absolute atomic E-state index is 0.147. The van der Waals surface area contributed by atoms with Crippen molar-refractivity contribution in [2.75, 3.05) is 12.3 Å². The molecule has 1 amide bonds. The average molecular weight is 418 g/mol. The van der Waals surface area contributed by atoms with Crippen molar-refractivity contribution in [2.45, 2.75) is 5.16 Å². The van der Waals surface area contributed by atoms with Crippen molar-refractivity contribution in [1.29, 1.82) is 0 Å². The lowest BCUT2D eigenvalue weighted by molar-refractivity contribution is -0.118. The number of benzene rings is 1. The maximum absolute atomic E-state index is 11.9. The quantitative estimate of drug-likeness (QED) is 0.490. The lowest BCUT2D eigenvalue weighted by atomic mass is 10.2. The smallest absolute Gasteiger partial charge is 0.231 e. The molecular formula is C18H13Cl2N5OS. The summed E-state index contributed by atoms with van der Waals surface area (Å²) in [6, 6.07) is 8.90. The maximum Gasteiger partial charge on any atom is 0.231 e. The second-order valence-corrected chi connectivity index (χ2v) is 7.01. The largest absolute Gasteiger partial charge is 0.344 e. The Kier molecular flexibility index (Phi) is 6.35. The standard InChI is InChI=1S/C18H13Cl2N5OS/c1-2-7-22-16(26)11-27-18-24-23-17(12-4-3-8-21-10-12)25(18)13-5-6-14(19)15(20)9-13/h1,3-6,8-10H,7,11H2,(H,22,26). The van der Waals surface area contributed by atoms with E-state index < -0.39 is 0 Å². The van der Waals surface area contributed by atoms with Crippen molar-refractivity contribution < 1.29 is 4.79 Å². The molecule has 0 fully saturated rings. The van der Waals surface area contributed by atoms with Crippen molar-refractivity contribution in [1.82, 2.24) is 25.1 Å². The molecule has 0 atom stereocenters. The van der Waals surface area contributed by atoms with Gasteiger partial charge in [0, 0.05) is 18.0 Å². The molecule has 136 valence electrons. The van der Waals surface area contributed by atoms with Crippen LogP contribution in [0.1, 0.15) is 0 Å². The maximum atomic E-state index is 11.9. The van der Waals surface area contributed by atoms with Gasteiger partial charge in [-0.3, -0.25) is 14.3 Å². The van der Waals surface area contributed by atoms with Gasteiger partial charge in [-0.2, -0.15) is 0 Å². The number of carbonyl (C=O) groups is 1. The lowest BCUT2D eigenvalue weighted by Gasteiger charge is -2.11. The highest BCUT2D eigenvalue weighted by Gasteiger charge is 2.18. The molecule has 9 heteroatoms. The average Bonchev–Trinajstić information content (AvgIpc) is 3.11. The molecule has 0 aliphatic heterocycles. The third-order valence-corrected chi connectivity index (χ3v) is 5.10. The van der Waals surface area contributed by atoms with Gasteiger partial charge < -0.3 is 5.32 Å². The van der Waals surface area contributed by atoms with Crippen LogP contribution in [0.3, 0.4) is 0 Å². The summed E-state index contributed by atoms with van der Waals surface area (Å²) in [6.07, 6.45) is 8.51. The van der Waals surface area contributed by atoms with Gasteiger partial charge in [-0.1, -0.05) is 40.9 Å². The Morgan fingerprint density at radius 3 is 2.81 bits per heavy atom. The molecule has 0 radical (unpaired) electrons. The first kappa shape index (κ1) is 19.2. The molecule has 1 N–H and O–H groups in total. The Morgan fingerprint density at radius 1 is 1.26 bits per heavy atom. The van der Waals surface area contributed by atoms with Crippen molar-refractivity contribution >= 4 is 40.9 Å². The first-order chi connectivity index (χ1) is 13.1. The van der Waals surface area contributed by atoms with E-state index >= 15 is 0 Å². The number of pyridine rings is 1. The summed E-state index contributed by atoms with van der Waals surface area (Å²) in [7, 11) is 0. The van der Waals surface area contributed by atoms with Crippen molar-refractivity contribution in [3.63, 3.8) is 0 Å². The Hall–Kier alpha value is -2.53. The van der Waals surface area contributed by atoms with E-state index in [0.29, 0.717) is 21.0 Å². The molecule has 1 aromatic carbocycles. The molecule has 2 aromatic heterocycles. The van der Waals surface area contributed by atoms with Crippen molar-refractivity contribution in [3.05, 3.63) is 52.8 Å². The normalized spacial score (nSPS) is 10.4. The number of thioether (sulfide) groups is 1. The first-order valence-electron chi connectivity index (χ1n) is 7.74. The number of rotatable bonds is 6. The fraction of sp³-hybridized carbons (Fsp3) is 0.111. The molecule has 3 rings (SSSR count). The number of halogens is 2. The predicted molar refractivity (Wildman–Crippen MR) is 107 cm³/mol.